The molecule has 2 nitrogen and oxygen atoms in total. The van der Waals surface area contributed by atoms with Gasteiger partial charge < -0.3 is 9.47 Å². The molecule has 1 aromatic rings. The highest BCUT2D eigenvalue weighted by Gasteiger charge is 2.12. The summed E-state index contributed by atoms with van der Waals surface area (Å²) in [5, 5.41) is 0.300. The van der Waals surface area contributed by atoms with Gasteiger partial charge in [0.15, 0.2) is 6.29 Å². The Morgan fingerprint density at radius 2 is 1.92 bits per heavy atom. The van der Waals surface area contributed by atoms with Gasteiger partial charge in [0.2, 0.25) is 0 Å². The van der Waals surface area contributed by atoms with Crippen LogP contribution >= 0.6 is 11.6 Å². The molecule has 72 valence electrons. The lowest BCUT2D eigenvalue weighted by Gasteiger charge is -2.14. The van der Waals surface area contributed by atoms with Gasteiger partial charge in [-0.15, -0.1) is 0 Å². The normalized spacial score (nSPS) is 10.8. The van der Waals surface area contributed by atoms with Gasteiger partial charge in [-0.05, 0) is 18.2 Å². The van der Waals surface area contributed by atoms with Crippen molar-refractivity contribution in [3.8, 4) is 0 Å². The van der Waals surface area contributed by atoms with Crippen LogP contribution in [0.15, 0.2) is 18.2 Å². The highest BCUT2D eigenvalue weighted by Crippen LogP contribution is 2.26. The van der Waals surface area contributed by atoms with E-state index in [1.54, 1.807) is 0 Å². The van der Waals surface area contributed by atoms with Gasteiger partial charge in [-0.1, -0.05) is 11.6 Å². The quantitative estimate of drug-likeness (QED) is 0.705. The molecule has 0 saturated carbocycles. The van der Waals surface area contributed by atoms with Crippen molar-refractivity contribution in [1.82, 2.24) is 0 Å². The van der Waals surface area contributed by atoms with E-state index in [1.807, 2.05) is 0 Å². The average Bonchev–Trinajstić information content (AvgIpc) is 2.10. The zero-order chi connectivity index (χ0) is 9.84. The third-order valence-electron chi connectivity index (χ3n) is 1.64. The van der Waals surface area contributed by atoms with Crippen molar-refractivity contribution in [3.63, 3.8) is 0 Å². The third-order valence-corrected chi connectivity index (χ3v) is 1.97. The SMILES string of the molecule is COC(OC)c1ccc(F)cc1Cl. The van der Waals surface area contributed by atoms with Gasteiger partial charge in [0.25, 0.3) is 0 Å². The summed E-state index contributed by atoms with van der Waals surface area (Å²) in [5.41, 5.74) is 0.619. The molecule has 0 amide bonds. The Kier molecular flexibility index (Phi) is 3.66. The second kappa shape index (κ2) is 4.56. The van der Waals surface area contributed by atoms with Crippen LogP contribution in [0.1, 0.15) is 11.9 Å². The minimum absolute atomic E-state index is 0.300. The van der Waals surface area contributed by atoms with Crippen LogP contribution in [0, 0.1) is 5.82 Å². The second-order valence-corrected chi connectivity index (χ2v) is 2.88. The number of methoxy groups -OCH3 is 2. The van der Waals surface area contributed by atoms with E-state index in [1.165, 1.54) is 32.4 Å². The molecule has 0 unspecified atom stereocenters. The van der Waals surface area contributed by atoms with Crippen molar-refractivity contribution in [3.05, 3.63) is 34.6 Å². The van der Waals surface area contributed by atoms with E-state index in [0.717, 1.165) is 0 Å². The lowest BCUT2D eigenvalue weighted by atomic mass is 10.2. The Labute approximate surface area is 81.2 Å². The van der Waals surface area contributed by atoms with Crippen molar-refractivity contribution in [2.45, 2.75) is 6.29 Å². The summed E-state index contributed by atoms with van der Waals surface area (Å²) in [4.78, 5) is 0. The molecule has 0 aliphatic rings. The van der Waals surface area contributed by atoms with Crippen LogP contribution in [0.3, 0.4) is 0 Å². The van der Waals surface area contributed by atoms with Gasteiger partial charge in [0, 0.05) is 19.8 Å². The van der Waals surface area contributed by atoms with Crippen LogP contribution in [0.2, 0.25) is 5.02 Å². The molecule has 0 aliphatic heterocycles. The number of benzene rings is 1. The van der Waals surface area contributed by atoms with Gasteiger partial charge in [-0.3, -0.25) is 0 Å². The zero-order valence-corrected chi connectivity index (χ0v) is 8.14. The molecule has 0 atom stereocenters. The first kappa shape index (κ1) is 10.4. The third kappa shape index (κ3) is 2.40. The molecule has 0 saturated heterocycles. The van der Waals surface area contributed by atoms with Gasteiger partial charge in [0.05, 0.1) is 5.02 Å². The molecular formula is C9H10ClFO2. The van der Waals surface area contributed by atoms with E-state index in [9.17, 15) is 4.39 Å². The number of halogens is 2. The predicted octanol–water partition coefficient (Wildman–Crippen LogP) is 2.77. The highest BCUT2D eigenvalue weighted by molar-refractivity contribution is 6.31. The van der Waals surface area contributed by atoms with Crippen molar-refractivity contribution < 1.29 is 13.9 Å². The van der Waals surface area contributed by atoms with Gasteiger partial charge in [-0.2, -0.15) is 0 Å². The van der Waals surface area contributed by atoms with Gasteiger partial charge in [0.1, 0.15) is 5.82 Å². The van der Waals surface area contributed by atoms with Gasteiger partial charge in [-0.25, -0.2) is 4.39 Å². The van der Waals surface area contributed by atoms with Crippen molar-refractivity contribution in [2.75, 3.05) is 14.2 Å². The average molecular weight is 205 g/mol. The Morgan fingerprint density at radius 1 is 1.31 bits per heavy atom. The molecule has 1 rings (SSSR count). The molecule has 0 spiro atoms. The molecule has 0 heterocycles. The standard InChI is InChI=1S/C9H10ClFO2/c1-12-9(13-2)7-4-3-6(11)5-8(7)10/h3-5,9H,1-2H3. The van der Waals surface area contributed by atoms with E-state index in [4.69, 9.17) is 21.1 Å². The second-order valence-electron chi connectivity index (χ2n) is 2.47. The van der Waals surface area contributed by atoms with E-state index in [0.29, 0.717) is 10.6 Å². The molecule has 4 heteroatoms. The first-order chi connectivity index (χ1) is 6.19. The van der Waals surface area contributed by atoms with Gasteiger partial charge >= 0.3 is 0 Å². The molecule has 0 aromatic heterocycles. The van der Waals surface area contributed by atoms with Crippen molar-refractivity contribution >= 4 is 11.6 Å². The van der Waals surface area contributed by atoms with E-state index in [2.05, 4.69) is 0 Å². The number of hydrogen-bond acceptors (Lipinski definition) is 2. The van der Waals surface area contributed by atoms with Crippen molar-refractivity contribution in [2.24, 2.45) is 0 Å². The summed E-state index contributed by atoms with van der Waals surface area (Å²) in [7, 11) is 2.99. The maximum Gasteiger partial charge on any atom is 0.184 e. The van der Waals surface area contributed by atoms with Crippen LogP contribution in [0.4, 0.5) is 4.39 Å². The van der Waals surface area contributed by atoms with Crippen LogP contribution in [0.25, 0.3) is 0 Å². The fourth-order valence-corrected chi connectivity index (χ4v) is 1.30. The Balaban J connectivity index is 2.99. The fraction of sp³-hybridized carbons (Fsp3) is 0.333. The maximum absolute atomic E-state index is 12.7. The lowest BCUT2D eigenvalue weighted by molar-refractivity contribution is -0.105. The van der Waals surface area contributed by atoms with E-state index < -0.39 is 6.29 Å². The first-order valence-electron chi connectivity index (χ1n) is 3.69. The zero-order valence-electron chi connectivity index (χ0n) is 7.38. The smallest absolute Gasteiger partial charge is 0.184 e. The molecular weight excluding hydrogens is 195 g/mol. The number of ether oxygens (including phenoxy) is 2. The molecule has 0 aliphatic carbocycles. The Morgan fingerprint density at radius 3 is 2.38 bits per heavy atom. The van der Waals surface area contributed by atoms with Crippen LogP contribution in [-0.4, -0.2) is 14.2 Å². The van der Waals surface area contributed by atoms with E-state index >= 15 is 0 Å². The molecule has 0 fully saturated rings. The van der Waals surface area contributed by atoms with Crippen LogP contribution in [-0.2, 0) is 9.47 Å². The summed E-state index contributed by atoms with van der Waals surface area (Å²) >= 11 is 5.78. The largest absolute Gasteiger partial charge is 0.352 e. The molecule has 1 aromatic carbocycles. The Hall–Kier alpha value is -0.640. The number of rotatable bonds is 3. The molecule has 13 heavy (non-hydrogen) atoms. The number of hydrogen-bond donors (Lipinski definition) is 0. The fourth-order valence-electron chi connectivity index (χ4n) is 1.04. The topological polar surface area (TPSA) is 18.5 Å². The van der Waals surface area contributed by atoms with Crippen LogP contribution < -0.4 is 0 Å². The summed E-state index contributed by atoms with van der Waals surface area (Å²) in [6, 6.07) is 4.07. The highest BCUT2D eigenvalue weighted by atomic mass is 35.5. The lowest BCUT2D eigenvalue weighted by Crippen LogP contribution is -2.04. The summed E-state index contributed by atoms with van der Waals surface area (Å²) in [6.07, 6.45) is -0.548. The minimum atomic E-state index is -0.548. The summed E-state index contributed by atoms with van der Waals surface area (Å²) in [5.74, 6) is -0.375. The monoisotopic (exact) mass is 204 g/mol. The molecule has 0 bridgehead atoms. The summed E-state index contributed by atoms with van der Waals surface area (Å²) in [6.45, 7) is 0. The van der Waals surface area contributed by atoms with Crippen LogP contribution in [0.5, 0.6) is 0 Å². The molecule has 0 radical (unpaired) electrons. The Bertz CT molecular complexity index is 287. The molecule has 0 N–H and O–H groups in total. The predicted molar refractivity (Wildman–Crippen MR) is 48.2 cm³/mol. The summed E-state index contributed by atoms with van der Waals surface area (Å²) < 4.78 is 22.6. The van der Waals surface area contributed by atoms with E-state index in [-0.39, 0.29) is 5.82 Å². The maximum atomic E-state index is 12.7. The first-order valence-corrected chi connectivity index (χ1v) is 4.07. The van der Waals surface area contributed by atoms with Crippen molar-refractivity contribution in [1.29, 1.82) is 0 Å². The minimum Gasteiger partial charge on any atom is -0.352 e.